The van der Waals surface area contributed by atoms with E-state index in [0.717, 1.165) is 5.56 Å². The van der Waals surface area contributed by atoms with Gasteiger partial charge in [0.05, 0.1) is 25.3 Å². The van der Waals surface area contributed by atoms with Gasteiger partial charge in [-0.25, -0.2) is 0 Å². The lowest BCUT2D eigenvalue weighted by Crippen LogP contribution is -2.48. The maximum absolute atomic E-state index is 9.16. The minimum Gasteiger partial charge on any atom is -0.419 e. The van der Waals surface area contributed by atoms with Gasteiger partial charge < -0.3 is 14.6 Å². The van der Waals surface area contributed by atoms with Gasteiger partial charge in [-0.1, -0.05) is 18.2 Å². The highest BCUT2D eigenvalue weighted by Gasteiger charge is 2.22. The van der Waals surface area contributed by atoms with E-state index in [1.807, 2.05) is 30.3 Å². The van der Waals surface area contributed by atoms with Crippen LogP contribution in [-0.2, 0) is 6.54 Å². The van der Waals surface area contributed by atoms with Gasteiger partial charge in [0.25, 0.3) is 0 Å². The maximum Gasteiger partial charge on any atom is 0.247 e. The summed E-state index contributed by atoms with van der Waals surface area (Å²) >= 11 is 0. The third kappa shape index (κ3) is 3.37. The van der Waals surface area contributed by atoms with Crippen molar-refractivity contribution in [3.8, 4) is 11.5 Å². The van der Waals surface area contributed by atoms with Gasteiger partial charge in [0.2, 0.25) is 11.8 Å². The van der Waals surface area contributed by atoms with Crippen molar-refractivity contribution >= 4 is 0 Å². The lowest BCUT2D eigenvalue weighted by molar-refractivity contribution is 0.101. The number of aliphatic hydroxyl groups excluding tert-OH is 2. The topological polar surface area (TPSA) is 91.4 Å². The van der Waals surface area contributed by atoms with E-state index in [1.165, 1.54) is 0 Å². The summed E-state index contributed by atoms with van der Waals surface area (Å²) in [6, 6.07) is 9.47. The molecule has 2 rings (SSSR count). The predicted octanol–water partition coefficient (Wildman–Crippen LogP) is 0.569. The Bertz CT molecular complexity index is 509. The average Bonchev–Trinajstić information content (AvgIpc) is 2.95. The van der Waals surface area contributed by atoms with E-state index in [4.69, 9.17) is 14.6 Å². The van der Waals surface area contributed by atoms with E-state index in [-0.39, 0.29) is 19.8 Å². The van der Waals surface area contributed by atoms with Crippen molar-refractivity contribution in [1.29, 1.82) is 0 Å². The monoisotopic (exact) mass is 263 g/mol. The zero-order valence-corrected chi connectivity index (χ0v) is 10.7. The molecule has 0 atom stereocenters. The predicted molar refractivity (Wildman–Crippen MR) is 69.2 cm³/mol. The molecule has 0 aliphatic heterocycles. The van der Waals surface area contributed by atoms with Crippen LogP contribution in [0, 0.1) is 0 Å². The Labute approximate surface area is 111 Å². The van der Waals surface area contributed by atoms with Crippen molar-refractivity contribution in [2.24, 2.45) is 0 Å². The van der Waals surface area contributed by atoms with Gasteiger partial charge in [0.1, 0.15) is 0 Å². The van der Waals surface area contributed by atoms with Gasteiger partial charge in [-0.3, -0.25) is 5.32 Å². The van der Waals surface area contributed by atoms with Crippen molar-refractivity contribution in [2.45, 2.75) is 19.0 Å². The van der Waals surface area contributed by atoms with Gasteiger partial charge in [0, 0.05) is 5.56 Å². The number of rotatable bonds is 6. The molecule has 19 heavy (non-hydrogen) atoms. The van der Waals surface area contributed by atoms with Crippen LogP contribution in [0.15, 0.2) is 34.7 Å². The van der Waals surface area contributed by atoms with E-state index >= 15 is 0 Å². The van der Waals surface area contributed by atoms with E-state index in [1.54, 1.807) is 6.92 Å². The van der Waals surface area contributed by atoms with E-state index in [0.29, 0.717) is 11.8 Å². The molecule has 1 heterocycles. The minimum absolute atomic E-state index is 0.177. The van der Waals surface area contributed by atoms with Crippen molar-refractivity contribution in [3.05, 3.63) is 36.2 Å². The minimum atomic E-state index is -0.763. The van der Waals surface area contributed by atoms with Gasteiger partial charge >= 0.3 is 0 Å². The number of nitrogens with zero attached hydrogens (tertiary/aromatic N) is 2. The van der Waals surface area contributed by atoms with Crippen LogP contribution in [0.1, 0.15) is 12.8 Å². The summed E-state index contributed by atoms with van der Waals surface area (Å²) in [6.45, 7) is 1.64. The molecule has 6 heteroatoms. The lowest BCUT2D eigenvalue weighted by Gasteiger charge is -2.25. The van der Waals surface area contributed by atoms with Crippen molar-refractivity contribution in [2.75, 3.05) is 13.2 Å². The molecular formula is C13H17N3O3. The van der Waals surface area contributed by atoms with Crippen LogP contribution < -0.4 is 5.32 Å². The fourth-order valence-electron chi connectivity index (χ4n) is 1.47. The lowest BCUT2D eigenvalue weighted by atomic mass is 10.1. The second-order valence-electron chi connectivity index (χ2n) is 4.60. The number of benzene rings is 1. The number of aliphatic hydroxyl groups is 2. The van der Waals surface area contributed by atoms with Crippen LogP contribution in [0.4, 0.5) is 0 Å². The zero-order valence-electron chi connectivity index (χ0n) is 10.7. The van der Waals surface area contributed by atoms with Crippen LogP contribution in [0.2, 0.25) is 0 Å². The van der Waals surface area contributed by atoms with Gasteiger partial charge in [-0.05, 0) is 19.1 Å². The molecule has 0 saturated carbocycles. The zero-order chi connectivity index (χ0) is 13.7. The third-order valence-electron chi connectivity index (χ3n) is 2.85. The summed E-state index contributed by atoms with van der Waals surface area (Å²) in [4.78, 5) is 0. The van der Waals surface area contributed by atoms with Crippen LogP contribution in [0.3, 0.4) is 0 Å². The first-order valence-electron chi connectivity index (χ1n) is 6.01. The van der Waals surface area contributed by atoms with E-state index in [9.17, 15) is 0 Å². The molecule has 0 aliphatic carbocycles. The summed E-state index contributed by atoms with van der Waals surface area (Å²) in [5, 5.41) is 29.2. The SMILES string of the molecule is CC(CO)(CO)NCc1nnc(-c2ccccc2)o1. The normalized spacial score (nSPS) is 11.7. The first-order valence-corrected chi connectivity index (χ1v) is 6.01. The molecule has 0 fully saturated rings. The first-order chi connectivity index (χ1) is 9.17. The number of hydrogen-bond acceptors (Lipinski definition) is 6. The molecule has 3 N–H and O–H groups in total. The number of nitrogens with one attached hydrogen (secondary N) is 1. The summed E-state index contributed by atoms with van der Waals surface area (Å²) in [5.74, 6) is 0.860. The third-order valence-corrected chi connectivity index (χ3v) is 2.85. The van der Waals surface area contributed by atoms with Crippen LogP contribution in [-0.4, -0.2) is 39.2 Å². The molecule has 0 spiro atoms. The fraction of sp³-hybridized carbons (Fsp3) is 0.385. The summed E-state index contributed by atoms with van der Waals surface area (Å²) in [6.07, 6.45) is 0. The Morgan fingerprint density at radius 1 is 1.16 bits per heavy atom. The van der Waals surface area contributed by atoms with Crippen LogP contribution >= 0.6 is 0 Å². The molecule has 1 aromatic heterocycles. The van der Waals surface area contributed by atoms with Crippen molar-refractivity contribution < 1.29 is 14.6 Å². The summed E-state index contributed by atoms with van der Waals surface area (Å²) in [5.41, 5.74) is 0.0924. The molecule has 1 aromatic carbocycles. The fourth-order valence-corrected chi connectivity index (χ4v) is 1.47. The molecule has 0 saturated heterocycles. The highest BCUT2D eigenvalue weighted by atomic mass is 16.4. The van der Waals surface area contributed by atoms with E-state index in [2.05, 4.69) is 15.5 Å². The Morgan fingerprint density at radius 3 is 2.47 bits per heavy atom. The molecule has 102 valence electrons. The molecule has 0 radical (unpaired) electrons. The maximum atomic E-state index is 9.16. The van der Waals surface area contributed by atoms with Crippen molar-refractivity contribution in [1.82, 2.24) is 15.5 Å². The second kappa shape index (κ2) is 5.92. The highest BCUT2D eigenvalue weighted by molar-refractivity contribution is 5.51. The second-order valence-corrected chi connectivity index (χ2v) is 4.60. The standard InChI is InChI=1S/C13H17N3O3/c1-13(8-17,9-18)14-7-11-15-16-12(19-11)10-5-3-2-4-6-10/h2-6,14,17-18H,7-9H2,1H3. The molecule has 6 nitrogen and oxygen atoms in total. The quantitative estimate of drug-likeness (QED) is 0.705. The van der Waals surface area contributed by atoms with Crippen LogP contribution in [0.5, 0.6) is 0 Å². The van der Waals surface area contributed by atoms with E-state index < -0.39 is 5.54 Å². The Hall–Kier alpha value is -1.76. The smallest absolute Gasteiger partial charge is 0.247 e. The largest absolute Gasteiger partial charge is 0.419 e. The Kier molecular flexibility index (Phi) is 4.26. The van der Waals surface area contributed by atoms with Crippen molar-refractivity contribution in [3.63, 3.8) is 0 Å². The van der Waals surface area contributed by atoms with Gasteiger partial charge in [-0.15, -0.1) is 10.2 Å². The molecule has 0 bridgehead atoms. The molecule has 0 aliphatic rings. The molecule has 0 unspecified atom stereocenters. The molecule has 2 aromatic rings. The van der Waals surface area contributed by atoms with Gasteiger partial charge in [0.15, 0.2) is 0 Å². The number of aromatic nitrogens is 2. The summed E-state index contributed by atoms with van der Waals surface area (Å²) in [7, 11) is 0. The summed E-state index contributed by atoms with van der Waals surface area (Å²) < 4.78 is 5.51. The average molecular weight is 263 g/mol. The Morgan fingerprint density at radius 2 is 1.84 bits per heavy atom. The van der Waals surface area contributed by atoms with Crippen LogP contribution in [0.25, 0.3) is 11.5 Å². The molecule has 0 amide bonds. The number of hydrogen-bond donors (Lipinski definition) is 3. The van der Waals surface area contributed by atoms with Gasteiger partial charge in [-0.2, -0.15) is 0 Å². The Balaban J connectivity index is 2.02. The first kappa shape index (κ1) is 13.7. The highest BCUT2D eigenvalue weighted by Crippen LogP contribution is 2.17. The molecular weight excluding hydrogens is 246 g/mol.